The standard InChI is InChI=1S/C14H22N2O3/c1-11(9-17)7-16-8-12-5-3-4-6-13(12)19-10-14(18)15-2/h3-6,11,16-17H,7-10H2,1-2H3,(H,15,18). The van der Waals surface area contributed by atoms with E-state index >= 15 is 0 Å². The van der Waals surface area contributed by atoms with E-state index in [4.69, 9.17) is 9.84 Å². The molecule has 1 aromatic rings. The molecule has 0 aromatic heterocycles. The average molecular weight is 266 g/mol. The molecule has 0 bridgehead atoms. The molecule has 1 unspecified atom stereocenters. The fourth-order valence-electron chi connectivity index (χ4n) is 1.52. The summed E-state index contributed by atoms with van der Waals surface area (Å²) in [6.07, 6.45) is 0. The quantitative estimate of drug-likeness (QED) is 0.642. The summed E-state index contributed by atoms with van der Waals surface area (Å²) in [6.45, 7) is 3.54. The smallest absolute Gasteiger partial charge is 0.257 e. The largest absolute Gasteiger partial charge is 0.483 e. The van der Waals surface area contributed by atoms with Crippen molar-refractivity contribution in [1.29, 1.82) is 0 Å². The lowest BCUT2D eigenvalue weighted by atomic mass is 10.1. The molecule has 0 aliphatic carbocycles. The van der Waals surface area contributed by atoms with E-state index < -0.39 is 0 Å². The van der Waals surface area contributed by atoms with E-state index in [0.717, 1.165) is 12.1 Å². The highest BCUT2D eigenvalue weighted by Gasteiger charge is 2.06. The van der Waals surface area contributed by atoms with E-state index in [-0.39, 0.29) is 25.0 Å². The number of rotatable bonds is 8. The van der Waals surface area contributed by atoms with Crippen LogP contribution in [0, 0.1) is 5.92 Å². The van der Waals surface area contributed by atoms with E-state index in [2.05, 4.69) is 10.6 Å². The van der Waals surface area contributed by atoms with Gasteiger partial charge in [-0.1, -0.05) is 25.1 Å². The summed E-state index contributed by atoms with van der Waals surface area (Å²) in [5, 5.41) is 14.7. The number of aliphatic hydroxyl groups excluding tert-OH is 1. The summed E-state index contributed by atoms with van der Waals surface area (Å²) in [4.78, 5) is 11.2. The highest BCUT2D eigenvalue weighted by atomic mass is 16.5. The number of likely N-dealkylation sites (N-methyl/N-ethyl adjacent to an activating group) is 1. The average Bonchev–Trinajstić information content (AvgIpc) is 2.45. The Labute approximate surface area is 114 Å². The molecule has 5 nitrogen and oxygen atoms in total. The number of hydrogen-bond donors (Lipinski definition) is 3. The van der Waals surface area contributed by atoms with Gasteiger partial charge in [-0.05, 0) is 12.0 Å². The maximum Gasteiger partial charge on any atom is 0.257 e. The predicted molar refractivity (Wildman–Crippen MR) is 74.0 cm³/mol. The number of hydrogen-bond acceptors (Lipinski definition) is 4. The highest BCUT2D eigenvalue weighted by Crippen LogP contribution is 2.17. The van der Waals surface area contributed by atoms with Crippen LogP contribution in [-0.4, -0.2) is 37.8 Å². The van der Waals surface area contributed by atoms with Gasteiger partial charge in [0.15, 0.2) is 6.61 Å². The van der Waals surface area contributed by atoms with Gasteiger partial charge in [-0.25, -0.2) is 0 Å². The van der Waals surface area contributed by atoms with Gasteiger partial charge in [0.25, 0.3) is 5.91 Å². The van der Waals surface area contributed by atoms with Crippen LogP contribution in [0.25, 0.3) is 0 Å². The lowest BCUT2D eigenvalue weighted by Crippen LogP contribution is -2.26. The fourth-order valence-corrected chi connectivity index (χ4v) is 1.52. The number of amides is 1. The highest BCUT2D eigenvalue weighted by molar-refractivity contribution is 5.77. The summed E-state index contributed by atoms with van der Waals surface area (Å²) in [6, 6.07) is 7.60. The van der Waals surface area contributed by atoms with Crippen molar-refractivity contribution < 1.29 is 14.6 Å². The Morgan fingerprint density at radius 1 is 1.42 bits per heavy atom. The minimum atomic E-state index is -0.156. The van der Waals surface area contributed by atoms with Crippen LogP contribution in [0.15, 0.2) is 24.3 Å². The first-order valence-corrected chi connectivity index (χ1v) is 6.40. The lowest BCUT2D eigenvalue weighted by Gasteiger charge is -2.13. The summed E-state index contributed by atoms with van der Waals surface area (Å²) >= 11 is 0. The van der Waals surface area contributed by atoms with Gasteiger partial charge in [-0.15, -0.1) is 0 Å². The van der Waals surface area contributed by atoms with Crippen molar-refractivity contribution in [3.05, 3.63) is 29.8 Å². The van der Waals surface area contributed by atoms with Gasteiger partial charge in [0.2, 0.25) is 0 Å². The minimum absolute atomic E-state index is 0.0144. The van der Waals surface area contributed by atoms with E-state index in [1.165, 1.54) is 0 Å². The zero-order valence-electron chi connectivity index (χ0n) is 11.5. The second kappa shape index (κ2) is 8.50. The zero-order chi connectivity index (χ0) is 14.1. The molecule has 0 aliphatic rings. The van der Waals surface area contributed by atoms with Crippen LogP contribution in [0.5, 0.6) is 5.75 Å². The number of ether oxygens (including phenoxy) is 1. The Morgan fingerprint density at radius 2 is 2.16 bits per heavy atom. The monoisotopic (exact) mass is 266 g/mol. The van der Waals surface area contributed by atoms with Crippen molar-refractivity contribution >= 4 is 5.91 Å². The van der Waals surface area contributed by atoms with Crippen LogP contribution in [-0.2, 0) is 11.3 Å². The van der Waals surface area contributed by atoms with E-state index in [0.29, 0.717) is 12.3 Å². The Kier molecular flexibility index (Phi) is 6.92. The third kappa shape index (κ3) is 5.72. The number of nitrogens with one attached hydrogen (secondary N) is 2. The maximum atomic E-state index is 11.2. The zero-order valence-corrected chi connectivity index (χ0v) is 11.5. The summed E-state index contributed by atoms with van der Waals surface area (Å²) in [5.41, 5.74) is 0.997. The van der Waals surface area contributed by atoms with Crippen LogP contribution in [0.1, 0.15) is 12.5 Å². The van der Waals surface area contributed by atoms with E-state index in [1.54, 1.807) is 7.05 Å². The van der Waals surface area contributed by atoms with Gasteiger partial charge >= 0.3 is 0 Å². The fraction of sp³-hybridized carbons (Fsp3) is 0.500. The maximum absolute atomic E-state index is 11.2. The van der Waals surface area contributed by atoms with E-state index in [9.17, 15) is 4.79 Å². The van der Waals surface area contributed by atoms with Crippen LogP contribution < -0.4 is 15.4 Å². The molecule has 1 rings (SSSR count). The topological polar surface area (TPSA) is 70.6 Å². The molecule has 0 fully saturated rings. The van der Waals surface area contributed by atoms with Crippen LogP contribution in [0.3, 0.4) is 0 Å². The first-order chi connectivity index (χ1) is 9.17. The molecule has 1 amide bonds. The van der Waals surface area contributed by atoms with Crippen molar-refractivity contribution in [3.63, 3.8) is 0 Å². The minimum Gasteiger partial charge on any atom is -0.483 e. The molecule has 1 atom stereocenters. The van der Waals surface area contributed by atoms with Crippen molar-refractivity contribution in [2.24, 2.45) is 5.92 Å². The second-order valence-electron chi connectivity index (χ2n) is 4.49. The van der Waals surface area contributed by atoms with Crippen LogP contribution in [0.2, 0.25) is 0 Å². The van der Waals surface area contributed by atoms with Crippen LogP contribution in [0.4, 0.5) is 0 Å². The molecule has 0 saturated heterocycles. The second-order valence-corrected chi connectivity index (χ2v) is 4.49. The summed E-state index contributed by atoms with van der Waals surface area (Å²) in [5.74, 6) is 0.769. The van der Waals surface area contributed by atoms with Gasteiger partial charge < -0.3 is 20.5 Å². The summed E-state index contributed by atoms with van der Waals surface area (Å²) in [7, 11) is 1.58. The van der Waals surface area contributed by atoms with E-state index in [1.807, 2.05) is 31.2 Å². The molecule has 5 heteroatoms. The molecule has 0 radical (unpaired) electrons. The Morgan fingerprint density at radius 3 is 2.84 bits per heavy atom. The lowest BCUT2D eigenvalue weighted by molar-refractivity contribution is -0.122. The number of para-hydroxylation sites is 1. The van der Waals surface area contributed by atoms with Gasteiger partial charge in [0.05, 0.1) is 0 Å². The molecule has 3 N–H and O–H groups in total. The Hall–Kier alpha value is -1.59. The first kappa shape index (κ1) is 15.5. The number of carbonyl (C=O) groups excluding carboxylic acids is 1. The number of benzene rings is 1. The van der Waals surface area contributed by atoms with Gasteiger partial charge in [0.1, 0.15) is 5.75 Å². The molecule has 0 spiro atoms. The molecule has 0 aliphatic heterocycles. The molecule has 1 aromatic carbocycles. The molecule has 0 saturated carbocycles. The predicted octanol–water partition coefficient (Wildman–Crippen LogP) is 0.529. The molecular weight excluding hydrogens is 244 g/mol. The number of carbonyl (C=O) groups is 1. The van der Waals surface area contributed by atoms with Gasteiger partial charge in [-0.2, -0.15) is 0 Å². The van der Waals surface area contributed by atoms with Crippen molar-refractivity contribution in [2.75, 3.05) is 26.8 Å². The Balaban J connectivity index is 2.50. The van der Waals surface area contributed by atoms with Crippen molar-refractivity contribution in [3.8, 4) is 5.75 Å². The third-order valence-corrected chi connectivity index (χ3v) is 2.73. The Bertz CT molecular complexity index is 396. The third-order valence-electron chi connectivity index (χ3n) is 2.73. The molecule has 19 heavy (non-hydrogen) atoms. The number of aliphatic hydroxyl groups is 1. The van der Waals surface area contributed by atoms with Crippen LogP contribution >= 0.6 is 0 Å². The van der Waals surface area contributed by atoms with Crippen molar-refractivity contribution in [1.82, 2.24) is 10.6 Å². The molecular formula is C14H22N2O3. The normalized spacial score (nSPS) is 11.9. The SMILES string of the molecule is CNC(=O)COc1ccccc1CNCC(C)CO. The summed E-state index contributed by atoms with van der Waals surface area (Å²) < 4.78 is 5.47. The van der Waals surface area contributed by atoms with Gasteiger partial charge in [0, 0.05) is 32.3 Å². The van der Waals surface area contributed by atoms with Crippen molar-refractivity contribution in [2.45, 2.75) is 13.5 Å². The first-order valence-electron chi connectivity index (χ1n) is 6.40. The molecule has 106 valence electrons. The van der Waals surface area contributed by atoms with Gasteiger partial charge in [-0.3, -0.25) is 4.79 Å². The molecule has 0 heterocycles.